The maximum Gasteiger partial charge on any atom is 0.407 e. The van der Waals surface area contributed by atoms with Crippen LogP contribution in [0.5, 0.6) is 0 Å². The SMILES string of the molecule is CN(C)c1ccc(C(N)C(F)(F)F)cn1. The Hall–Kier alpha value is -1.30. The zero-order valence-electron chi connectivity index (χ0n) is 8.42. The maximum atomic E-state index is 12.2. The highest BCUT2D eigenvalue weighted by Crippen LogP contribution is 2.30. The molecular formula is C9H12F3N3. The van der Waals surface area contributed by atoms with Crippen molar-refractivity contribution in [2.75, 3.05) is 19.0 Å². The molecule has 1 heterocycles. The summed E-state index contributed by atoms with van der Waals surface area (Å²) in [5.41, 5.74) is 4.99. The molecule has 15 heavy (non-hydrogen) atoms. The molecule has 0 spiro atoms. The van der Waals surface area contributed by atoms with E-state index in [2.05, 4.69) is 4.98 Å². The number of rotatable bonds is 2. The summed E-state index contributed by atoms with van der Waals surface area (Å²) in [6.45, 7) is 0. The average molecular weight is 219 g/mol. The van der Waals surface area contributed by atoms with Crippen LogP contribution in [0.1, 0.15) is 11.6 Å². The molecular weight excluding hydrogens is 207 g/mol. The van der Waals surface area contributed by atoms with Gasteiger partial charge in [0.15, 0.2) is 0 Å². The third-order valence-electron chi connectivity index (χ3n) is 1.94. The van der Waals surface area contributed by atoms with Gasteiger partial charge in [-0.1, -0.05) is 6.07 Å². The number of anilines is 1. The van der Waals surface area contributed by atoms with Crippen LogP contribution in [0.4, 0.5) is 19.0 Å². The van der Waals surface area contributed by atoms with Crippen molar-refractivity contribution in [2.45, 2.75) is 12.2 Å². The second kappa shape index (κ2) is 4.06. The highest BCUT2D eigenvalue weighted by atomic mass is 19.4. The largest absolute Gasteiger partial charge is 0.407 e. The van der Waals surface area contributed by atoms with Crippen LogP contribution in [-0.4, -0.2) is 25.3 Å². The standard InChI is InChI=1S/C9H12F3N3/c1-15(2)7-4-3-6(5-14-7)8(13)9(10,11)12/h3-5,8H,13H2,1-2H3. The smallest absolute Gasteiger partial charge is 0.363 e. The first-order valence-electron chi connectivity index (χ1n) is 4.28. The number of halogens is 3. The highest BCUT2D eigenvalue weighted by molar-refractivity contribution is 5.37. The lowest BCUT2D eigenvalue weighted by molar-refractivity contribution is -0.149. The Balaban J connectivity index is 2.89. The van der Waals surface area contributed by atoms with E-state index in [1.807, 2.05) is 0 Å². The minimum Gasteiger partial charge on any atom is -0.363 e. The highest BCUT2D eigenvalue weighted by Gasteiger charge is 2.37. The van der Waals surface area contributed by atoms with Gasteiger partial charge in [-0.2, -0.15) is 13.2 Å². The van der Waals surface area contributed by atoms with Crippen molar-refractivity contribution in [1.82, 2.24) is 4.98 Å². The molecule has 1 rings (SSSR count). The van der Waals surface area contributed by atoms with Gasteiger partial charge >= 0.3 is 6.18 Å². The Kier molecular flexibility index (Phi) is 3.18. The van der Waals surface area contributed by atoms with Crippen LogP contribution in [0.3, 0.4) is 0 Å². The number of aromatic nitrogens is 1. The molecule has 0 amide bonds. The van der Waals surface area contributed by atoms with Crippen LogP contribution < -0.4 is 10.6 Å². The normalized spacial score (nSPS) is 13.7. The van der Waals surface area contributed by atoms with Gasteiger partial charge in [-0.15, -0.1) is 0 Å². The van der Waals surface area contributed by atoms with Gasteiger partial charge in [0.05, 0.1) is 0 Å². The van der Waals surface area contributed by atoms with E-state index >= 15 is 0 Å². The van der Waals surface area contributed by atoms with Crippen LogP contribution in [0, 0.1) is 0 Å². The van der Waals surface area contributed by atoms with Crippen molar-refractivity contribution >= 4 is 5.82 Å². The number of pyridine rings is 1. The number of hydrogen-bond acceptors (Lipinski definition) is 3. The van der Waals surface area contributed by atoms with E-state index in [0.29, 0.717) is 5.82 Å². The number of hydrogen-bond donors (Lipinski definition) is 1. The van der Waals surface area contributed by atoms with Gasteiger partial charge in [0.2, 0.25) is 0 Å². The third kappa shape index (κ3) is 2.82. The molecule has 3 nitrogen and oxygen atoms in total. The molecule has 1 aromatic heterocycles. The quantitative estimate of drug-likeness (QED) is 0.823. The Morgan fingerprint density at radius 3 is 2.27 bits per heavy atom. The molecule has 0 fully saturated rings. The minimum atomic E-state index is -4.43. The van der Waals surface area contributed by atoms with Crippen molar-refractivity contribution in [1.29, 1.82) is 0 Å². The molecule has 0 aliphatic rings. The first kappa shape index (κ1) is 11.8. The molecule has 84 valence electrons. The minimum absolute atomic E-state index is 0.0342. The van der Waals surface area contributed by atoms with E-state index in [0.717, 1.165) is 6.20 Å². The Labute approximate surface area is 85.7 Å². The van der Waals surface area contributed by atoms with Gasteiger partial charge in [0, 0.05) is 20.3 Å². The zero-order chi connectivity index (χ0) is 11.6. The topological polar surface area (TPSA) is 42.1 Å². The Morgan fingerprint density at radius 2 is 1.93 bits per heavy atom. The van der Waals surface area contributed by atoms with Gasteiger partial charge in [0.1, 0.15) is 11.9 Å². The van der Waals surface area contributed by atoms with Crippen molar-refractivity contribution in [2.24, 2.45) is 5.73 Å². The summed E-state index contributed by atoms with van der Waals surface area (Å²) >= 11 is 0. The first-order chi connectivity index (χ1) is 6.82. The molecule has 1 unspecified atom stereocenters. The fourth-order valence-corrected chi connectivity index (χ4v) is 1.03. The summed E-state index contributed by atoms with van der Waals surface area (Å²) in [7, 11) is 3.51. The predicted molar refractivity (Wildman–Crippen MR) is 51.5 cm³/mol. The van der Waals surface area contributed by atoms with Crippen LogP contribution in [0.2, 0.25) is 0 Å². The van der Waals surface area contributed by atoms with Crippen molar-refractivity contribution in [3.8, 4) is 0 Å². The molecule has 0 saturated carbocycles. The summed E-state index contributed by atoms with van der Waals surface area (Å²) in [5.74, 6) is 0.591. The summed E-state index contributed by atoms with van der Waals surface area (Å²) in [6, 6.07) is 0.864. The van der Waals surface area contributed by atoms with E-state index in [-0.39, 0.29) is 5.56 Å². The number of nitrogens with zero attached hydrogens (tertiary/aromatic N) is 2. The second-order valence-electron chi connectivity index (χ2n) is 3.36. The third-order valence-corrected chi connectivity index (χ3v) is 1.94. The zero-order valence-corrected chi connectivity index (χ0v) is 8.42. The van der Waals surface area contributed by atoms with Crippen LogP contribution in [0.15, 0.2) is 18.3 Å². The lowest BCUT2D eigenvalue weighted by Crippen LogP contribution is -2.28. The lowest BCUT2D eigenvalue weighted by atomic mass is 10.1. The summed E-state index contributed by atoms with van der Waals surface area (Å²) < 4.78 is 36.7. The monoisotopic (exact) mass is 219 g/mol. The first-order valence-corrected chi connectivity index (χ1v) is 4.28. The van der Waals surface area contributed by atoms with E-state index in [1.165, 1.54) is 12.1 Å². The number of alkyl halides is 3. The maximum absolute atomic E-state index is 12.2. The van der Waals surface area contributed by atoms with Gasteiger partial charge in [-0.3, -0.25) is 0 Å². The van der Waals surface area contributed by atoms with E-state index in [1.54, 1.807) is 19.0 Å². The van der Waals surface area contributed by atoms with Crippen LogP contribution in [0.25, 0.3) is 0 Å². The van der Waals surface area contributed by atoms with Crippen LogP contribution in [-0.2, 0) is 0 Å². The molecule has 0 aromatic carbocycles. The molecule has 0 radical (unpaired) electrons. The lowest BCUT2D eigenvalue weighted by Gasteiger charge is -2.17. The molecule has 0 saturated heterocycles. The molecule has 6 heteroatoms. The van der Waals surface area contributed by atoms with Gasteiger partial charge < -0.3 is 10.6 Å². The Morgan fingerprint density at radius 1 is 1.33 bits per heavy atom. The molecule has 2 N–H and O–H groups in total. The number of nitrogens with two attached hydrogens (primary N) is 1. The summed E-state index contributed by atoms with van der Waals surface area (Å²) in [4.78, 5) is 5.56. The average Bonchev–Trinajstić information content (AvgIpc) is 2.15. The fraction of sp³-hybridized carbons (Fsp3) is 0.444. The fourth-order valence-electron chi connectivity index (χ4n) is 1.03. The van der Waals surface area contributed by atoms with Gasteiger partial charge in [0.25, 0.3) is 0 Å². The van der Waals surface area contributed by atoms with E-state index in [9.17, 15) is 13.2 Å². The van der Waals surface area contributed by atoms with E-state index in [4.69, 9.17) is 5.73 Å². The molecule has 0 bridgehead atoms. The van der Waals surface area contributed by atoms with Crippen molar-refractivity contribution in [3.63, 3.8) is 0 Å². The summed E-state index contributed by atoms with van der Waals surface area (Å²) in [6.07, 6.45) is -3.28. The van der Waals surface area contributed by atoms with E-state index < -0.39 is 12.2 Å². The van der Waals surface area contributed by atoms with Gasteiger partial charge in [-0.05, 0) is 11.6 Å². The second-order valence-corrected chi connectivity index (χ2v) is 3.36. The molecule has 0 aliphatic carbocycles. The predicted octanol–water partition coefficient (Wildman–Crippen LogP) is 1.71. The molecule has 1 aromatic rings. The summed E-state index contributed by atoms with van der Waals surface area (Å²) in [5, 5.41) is 0. The van der Waals surface area contributed by atoms with Crippen molar-refractivity contribution < 1.29 is 13.2 Å². The molecule has 1 atom stereocenters. The molecule has 0 aliphatic heterocycles. The van der Waals surface area contributed by atoms with Gasteiger partial charge in [-0.25, -0.2) is 4.98 Å². The van der Waals surface area contributed by atoms with Crippen LogP contribution >= 0.6 is 0 Å². The Bertz CT molecular complexity index is 318. The van der Waals surface area contributed by atoms with Crippen molar-refractivity contribution in [3.05, 3.63) is 23.9 Å².